The lowest BCUT2D eigenvalue weighted by molar-refractivity contribution is -0.151. The van der Waals surface area contributed by atoms with Crippen LogP contribution in [0.2, 0.25) is 0 Å². The van der Waals surface area contributed by atoms with Gasteiger partial charge in [-0.15, -0.1) is 0 Å². The van der Waals surface area contributed by atoms with Gasteiger partial charge in [0.25, 0.3) is 0 Å². The molecular formula is C11H18O2. The van der Waals surface area contributed by atoms with Crippen LogP contribution in [0.15, 0.2) is 0 Å². The van der Waals surface area contributed by atoms with Crippen molar-refractivity contribution in [3.8, 4) is 0 Å². The molecule has 13 heavy (non-hydrogen) atoms. The molecule has 2 rings (SSSR count). The first-order chi connectivity index (χ1) is 6.29. The summed E-state index contributed by atoms with van der Waals surface area (Å²) >= 11 is 0. The third kappa shape index (κ3) is 1.87. The lowest BCUT2D eigenvalue weighted by Crippen LogP contribution is -2.23. The Bertz CT molecular complexity index is 200. The minimum absolute atomic E-state index is 0.0139. The number of esters is 1. The molecule has 2 fully saturated rings. The highest BCUT2D eigenvalue weighted by molar-refractivity contribution is 5.69. The molecule has 2 heteroatoms. The molecule has 0 heterocycles. The number of carbonyl (C=O) groups excluding carboxylic acids is 1. The van der Waals surface area contributed by atoms with E-state index in [1.807, 2.05) is 6.92 Å². The Balaban J connectivity index is 1.79. The number of hydrogen-bond donors (Lipinski definition) is 0. The molecule has 2 bridgehead atoms. The Morgan fingerprint density at radius 1 is 1.38 bits per heavy atom. The van der Waals surface area contributed by atoms with Gasteiger partial charge in [0.05, 0.1) is 0 Å². The van der Waals surface area contributed by atoms with Gasteiger partial charge >= 0.3 is 5.97 Å². The van der Waals surface area contributed by atoms with Crippen molar-refractivity contribution in [1.82, 2.24) is 0 Å². The zero-order chi connectivity index (χ0) is 9.26. The second kappa shape index (κ2) is 3.69. The summed E-state index contributed by atoms with van der Waals surface area (Å²) in [7, 11) is 0. The third-order valence-corrected chi connectivity index (χ3v) is 3.41. The van der Waals surface area contributed by atoms with Gasteiger partial charge in [-0.05, 0) is 43.9 Å². The highest BCUT2D eigenvalue weighted by Gasteiger charge is 2.41. The average molecular weight is 182 g/mol. The monoisotopic (exact) mass is 182 g/mol. The standard InChI is InChI=1S/C11H18O2/c1-2-3-11(12)13-10-7-8-4-5-9(10)6-8/h8-10H,2-7H2,1H3/t8-,9+,10-/m1/s1. The van der Waals surface area contributed by atoms with Crippen LogP contribution >= 0.6 is 0 Å². The average Bonchev–Trinajstić information content (AvgIpc) is 2.65. The second-order valence-corrected chi connectivity index (χ2v) is 4.45. The van der Waals surface area contributed by atoms with E-state index in [-0.39, 0.29) is 12.1 Å². The summed E-state index contributed by atoms with van der Waals surface area (Å²) in [6, 6.07) is 0. The van der Waals surface area contributed by atoms with E-state index in [0.717, 1.165) is 18.8 Å². The minimum Gasteiger partial charge on any atom is -0.462 e. The normalized spacial score (nSPS) is 36.5. The van der Waals surface area contributed by atoms with Gasteiger partial charge in [-0.3, -0.25) is 4.79 Å². The largest absolute Gasteiger partial charge is 0.462 e. The fraction of sp³-hybridized carbons (Fsp3) is 0.909. The van der Waals surface area contributed by atoms with Crippen molar-refractivity contribution >= 4 is 5.97 Å². The van der Waals surface area contributed by atoms with Gasteiger partial charge in [-0.1, -0.05) is 6.92 Å². The number of rotatable bonds is 3. The SMILES string of the molecule is CCCC(=O)O[C@@H]1C[C@@H]2CC[C@H]1C2. The van der Waals surface area contributed by atoms with Crippen molar-refractivity contribution in [2.45, 2.75) is 51.6 Å². The molecule has 0 radical (unpaired) electrons. The molecule has 0 saturated heterocycles. The van der Waals surface area contributed by atoms with Crippen LogP contribution in [0, 0.1) is 11.8 Å². The van der Waals surface area contributed by atoms with Crippen molar-refractivity contribution in [1.29, 1.82) is 0 Å². The molecule has 2 nitrogen and oxygen atoms in total. The zero-order valence-electron chi connectivity index (χ0n) is 8.29. The molecule has 0 aromatic rings. The van der Waals surface area contributed by atoms with Gasteiger partial charge in [0.2, 0.25) is 0 Å². The van der Waals surface area contributed by atoms with Crippen LogP contribution < -0.4 is 0 Å². The van der Waals surface area contributed by atoms with Crippen molar-refractivity contribution in [2.75, 3.05) is 0 Å². The number of carbonyl (C=O) groups is 1. The van der Waals surface area contributed by atoms with E-state index >= 15 is 0 Å². The molecule has 2 saturated carbocycles. The highest BCUT2D eigenvalue weighted by atomic mass is 16.5. The maximum Gasteiger partial charge on any atom is 0.306 e. The van der Waals surface area contributed by atoms with E-state index in [1.165, 1.54) is 19.3 Å². The Kier molecular flexibility index (Phi) is 2.56. The van der Waals surface area contributed by atoms with E-state index < -0.39 is 0 Å². The van der Waals surface area contributed by atoms with Crippen molar-refractivity contribution in [3.05, 3.63) is 0 Å². The van der Waals surface area contributed by atoms with Gasteiger partial charge < -0.3 is 4.74 Å². The first-order valence-corrected chi connectivity index (χ1v) is 5.49. The first kappa shape index (κ1) is 9.04. The summed E-state index contributed by atoms with van der Waals surface area (Å²) < 4.78 is 5.45. The lowest BCUT2D eigenvalue weighted by atomic mass is 9.98. The van der Waals surface area contributed by atoms with E-state index in [0.29, 0.717) is 12.3 Å². The lowest BCUT2D eigenvalue weighted by Gasteiger charge is -2.21. The molecule has 3 atom stereocenters. The Morgan fingerprint density at radius 2 is 2.23 bits per heavy atom. The highest BCUT2D eigenvalue weighted by Crippen LogP contribution is 2.45. The van der Waals surface area contributed by atoms with E-state index in [9.17, 15) is 4.79 Å². The van der Waals surface area contributed by atoms with Crippen molar-refractivity contribution in [3.63, 3.8) is 0 Å². The van der Waals surface area contributed by atoms with Crippen LogP contribution in [0.3, 0.4) is 0 Å². The van der Waals surface area contributed by atoms with Crippen molar-refractivity contribution in [2.24, 2.45) is 11.8 Å². The molecule has 0 unspecified atom stereocenters. The number of fused-ring (bicyclic) bond motifs is 2. The molecule has 74 valence electrons. The molecule has 2 aliphatic carbocycles. The fourth-order valence-corrected chi connectivity index (χ4v) is 2.76. The van der Waals surface area contributed by atoms with Gasteiger partial charge in [0.15, 0.2) is 0 Å². The van der Waals surface area contributed by atoms with Crippen LogP contribution in [0.5, 0.6) is 0 Å². The van der Waals surface area contributed by atoms with Crippen LogP contribution in [0.1, 0.15) is 45.4 Å². The van der Waals surface area contributed by atoms with E-state index in [2.05, 4.69) is 0 Å². The Labute approximate surface area is 79.7 Å². The molecule has 2 aliphatic rings. The van der Waals surface area contributed by atoms with Gasteiger partial charge in [0, 0.05) is 6.42 Å². The Morgan fingerprint density at radius 3 is 2.77 bits per heavy atom. The van der Waals surface area contributed by atoms with Crippen LogP contribution in [-0.2, 0) is 9.53 Å². The molecule has 0 aromatic heterocycles. The predicted molar refractivity (Wildman–Crippen MR) is 50.2 cm³/mol. The van der Waals surface area contributed by atoms with E-state index in [4.69, 9.17) is 4.74 Å². The maximum atomic E-state index is 11.3. The molecule has 0 amide bonds. The summed E-state index contributed by atoms with van der Waals surface area (Å²) in [5.41, 5.74) is 0. The number of hydrogen-bond acceptors (Lipinski definition) is 2. The summed E-state index contributed by atoms with van der Waals surface area (Å²) in [6.07, 6.45) is 6.87. The first-order valence-electron chi connectivity index (χ1n) is 5.49. The van der Waals surface area contributed by atoms with Gasteiger partial charge in [-0.25, -0.2) is 0 Å². The number of ether oxygens (including phenoxy) is 1. The predicted octanol–water partition coefficient (Wildman–Crippen LogP) is 2.52. The summed E-state index contributed by atoms with van der Waals surface area (Å²) in [5.74, 6) is 1.58. The van der Waals surface area contributed by atoms with Crippen LogP contribution in [0.4, 0.5) is 0 Å². The zero-order valence-corrected chi connectivity index (χ0v) is 8.29. The summed E-state index contributed by atoms with van der Waals surface area (Å²) in [4.78, 5) is 11.3. The molecule has 0 aromatic carbocycles. The van der Waals surface area contributed by atoms with Crippen LogP contribution in [0.25, 0.3) is 0 Å². The maximum absolute atomic E-state index is 11.3. The Hall–Kier alpha value is -0.530. The fourth-order valence-electron chi connectivity index (χ4n) is 2.76. The molecule has 0 N–H and O–H groups in total. The molecule has 0 spiro atoms. The molecule has 0 aliphatic heterocycles. The topological polar surface area (TPSA) is 26.3 Å². The summed E-state index contributed by atoms with van der Waals surface area (Å²) in [5, 5.41) is 0. The van der Waals surface area contributed by atoms with E-state index in [1.54, 1.807) is 0 Å². The van der Waals surface area contributed by atoms with Gasteiger partial charge in [-0.2, -0.15) is 0 Å². The quantitative estimate of drug-likeness (QED) is 0.627. The van der Waals surface area contributed by atoms with Crippen LogP contribution in [-0.4, -0.2) is 12.1 Å². The van der Waals surface area contributed by atoms with Gasteiger partial charge in [0.1, 0.15) is 6.10 Å². The smallest absolute Gasteiger partial charge is 0.306 e. The third-order valence-electron chi connectivity index (χ3n) is 3.41. The molecular weight excluding hydrogens is 164 g/mol. The second-order valence-electron chi connectivity index (χ2n) is 4.45. The minimum atomic E-state index is 0.0139. The van der Waals surface area contributed by atoms with Crippen molar-refractivity contribution < 1.29 is 9.53 Å². The summed E-state index contributed by atoms with van der Waals surface area (Å²) in [6.45, 7) is 2.02.